The lowest BCUT2D eigenvalue weighted by Gasteiger charge is -1.94. The summed E-state index contributed by atoms with van der Waals surface area (Å²) >= 11 is 0. The van der Waals surface area contributed by atoms with Gasteiger partial charge in [0.05, 0.1) is 6.20 Å². The maximum Gasteiger partial charge on any atom is 0.282 e. The minimum atomic E-state index is -0.641. The summed E-state index contributed by atoms with van der Waals surface area (Å²) in [5.74, 6) is -1.17. The van der Waals surface area contributed by atoms with Gasteiger partial charge in [0, 0.05) is 0 Å². The molecular weight excluding hydrogens is 161 g/mol. The van der Waals surface area contributed by atoms with Gasteiger partial charge in [-0.3, -0.25) is 10.1 Å². The molecule has 0 radical (unpaired) electrons. The molecule has 0 bridgehead atoms. The maximum atomic E-state index is 12.3. The van der Waals surface area contributed by atoms with E-state index in [0.29, 0.717) is 0 Å². The molecule has 0 spiro atoms. The highest BCUT2D eigenvalue weighted by Crippen LogP contribution is 1.97. The predicted molar refractivity (Wildman–Crippen MR) is 37.3 cm³/mol. The number of nitriles is 1. The van der Waals surface area contributed by atoms with Gasteiger partial charge >= 0.3 is 0 Å². The van der Waals surface area contributed by atoms with E-state index in [4.69, 9.17) is 5.26 Å². The second-order valence-corrected chi connectivity index (χ2v) is 1.93. The molecule has 1 amide bonds. The van der Waals surface area contributed by atoms with Crippen LogP contribution in [0.3, 0.4) is 0 Å². The fourth-order valence-corrected chi connectivity index (χ4v) is 0.625. The van der Waals surface area contributed by atoms with E-state index < -0.39 is 11.7 Å². The highest BCUT2D eigenvalue weighted by molar-refractivity contribution is 5.93. The molecule has 0 aliphatic heterocycles. The first-order valence-corrected chi connectivity index (χ1v) is 3.05. The minimum absolute atomic E-state index is 0.0120. The van der Waals surface area contributed by atoms with Crippen LogP contribution in [0.1, 0.15) is 10.5 Å². The Hall–Kier alpha value is -1.96. The highest BCUT2D eigenvalue weighted by Gasteiger charge is 2.04. The number of rotatable bonds is 1. The summed E-state index contributed by atoms with van der Waals surface area (Å²) in [6.07, 6.45) is 2.36. The molecule has 0 aromatic carbocycles. The van der Waals surface area contributed by atoms with Crippen LogP contribution in [0, 0.1) is 17.3 Å². The van der Waals surface area contributed by atoms with Crippen LogP contribution in [0.5, 0.6) is 0 Å². The molecule has 0 fully saturated rings. The Morgan fingerprint density at radius 3 is 2.92 bits per heavy atom. The van der Waals surface area contributed by atoms with Gasteiger partial charge in [-0.15, -0.1) is 0 Å². The first kappa shape index (κ1) is 8.14. The summed E-state index contributed by atoms with van der Waals surface area (Å²) in [4.78, 5) is 14.3. The Bertz CT molecular complexity index is 327. The Labute approximate surface area is 67.7 Å². The van der Waals surface area contributed by atoms with Crippen LogP contribution in [0.25, 0.3) is 0 Å². The number of nitrogens with zero attached hydrogens (tertiary/aromatic N) is 2. The van der Waals surface area contributed by atoms with Crippen molar-refractivity contribution in [3.05, 3.63) is 29.8 Å². The Balaban J connectivity index is 2.84. The van der Waals surface area contributed by atoms with Crippen LogP contribution in [0.2, 0.25) is 0 Å². The van der Waals surface area contributed by atoms with Gasteiger partial charge < -0.3 is 0 Å². The number of aromatic nitrogens is 1. The Kier molecular flexibility index (Phi) is 2.33. The second kappa shape index (κ2) is 3.44. The lowest BCUT2D eigenvalue weighted by atomic mass is 10.3. The van der Waals surface area contributed by atoms with Crippen molar-refractivity contribution < 1.29 is 9.18 Å². The molecule has 0 saturated heterocycles. The molecule has 5 heteroatoms. The number of hydrogen-bond acceptors (Lipinski definition) is 3. The second-order valence-electron chi connectivity index (χ2n) is 1.93. The minimum Gasteiger partial charge on any atom is -0.266 e. The van der Waals surface area contributed by atoms with Crippen LogP contribution in [0.4, 0.5) is 4.39 Å². The molecule has 1 N–H and O–H groups in total. The van der Waals surface area contributed by atoms with Gasteiger partial charge in [0.1, 0.15) is 11.5 Å². The van der Waals surface area contributed by atoms with E-state index in [-0.39, 0.29) is 5.69 Å². The molecule has 0 saturated carbocycles. The number of nitrogens with one attached hydrogen (secondary N) is 1. The molecule has 4 nitrogen and oxygen atoms in total. The van der Waals surface area contributed by atoms with Crippen molar-refractivity contribution in [1.82, 2.24) is 10.3 Å². The zero-order valence-electron chi connectivity index (χ0n) is 5.91. The average Bonchev–Trinajstić information content (AvgIpc) is 2.06. The third-order valence-electron chi connectivity index (χ3n) is 1.13. The Morgan fingerprint density at radius 1 is 1.67 bits per heavy atom. The van der Waals surface area contributed by atoms with Crippen molar-refractivity contribution in [3.63, 3.8) is 0 Å². The topological polar surface area (TPSA) is 65.8 Å². The van der Waals surface area contributed by atoms with Crippen LogP contribution < -0.4 is 5.32 Å². The van der Waals surface area contributed by atoms with Crippen LogP contribution in [-0.2, 0) is 0 Å². The molecular formula is C7H4FN3O. The lowest BCUT2D eigenvalue weighted by Crippen LogP contribution is -2.18. The number of hydrogen-bond donors (Lipinski definition) is 1. The monoisotopic (exact) mass is 165 g/mol. The SMILES string of the molecule is N#CNC(=O)c1ccc(F)cn1. The zero-order chi connectivity index (χ0) is 8.97. The van der Waals surface area contributed by atoms with Gasteiger partial charge in [-0.05, 0) is 12.1 Å². The maximum absolute atomic E-state index is 12.3. The third-order valence-corrected chi connectivity index (χ3v) is 1.13. The third kappa shape index (κ3) is 1.76. The largest absolute Gasteiger partial charge is 0.282 e. The predicted octanol–water partition coefficient (Wildman–Crippen LogP) is 0.432. The average molecular weight is 165 g/mol. The van der Waals surface area contributed by atoms with Crippen molar-refractivity contribution in [2.24, 2.45) is 0 Å². The summed E-state index contributed by atoms with van der Waals surface area (Å²) in [6.45, 7) is 0. The van der Waals surface area contributed by atoms with Crippen molar-refractivity contribution in [1.29, 1.82) is 5.26 Å². The first-order valence-electron chi connectivity index (χ1n) is 3.05. The van der Waals surface area contributed by atoms with Crippen LogP contribution in [-0.4, -0.2) is 10.9 Å². The van der Waals surface area contributed by atoms with Crippen molar-refractivity contribution in [3.8, 4) is 6.19 Å². The molecule has 1 rings (SSSR count). The first-order chi connectivity index (χ1) is 5.74. The molecule has 1 aromatic heterocycles. The van der Waals surface area contributed by atoms with E-state index in [0.717, 1.165) is 12.3 Å². The number of carbonyl (C=O) groups excluding carboxylic acids is 1. The molecule has 0 atom stereocenters. The van der Waals surface area contributed by atoms with E-state index in [1.54, 1.807) is 0 Å². The smallest absolute Gasteiger partial charge is 0.266 e. The number of carbonyl (C=O) groups is 1. The number of halogens is 1. The van der Waals surface area contributed by atoms with E-state index >= 15 is 0 Å². The van der Waals surface area contributed by atoms with E-state index in [2.05, 4.69) is 4.98 Å². The highest BCUT2D eigenvalue weighted by atomic mass is 19.1. The van der Waals surface area contributed by atoms with Crippen LogP contribution in [0.15, 0.2) is 18.3 Å². The fraction of sp³-hybridized carbons (Fsp3) is 0. The fourth-order valence-electron chi connectivity index (χ4n) is 0.625. The number of amides is 1. The quantitative estimate of drug-likeness (QED) is 0.484. The van der Waals surface area contributed by atoms with Crippen molar-refractivity contribution in [2.45, 2.75) is 0 Å². The van der Waals surface area contributed by atoms with Gasteiger partial charge in [-0.1, -0.05) is 0 Å². The molecule has 12 heavy (non-hydrogen) atoms. The summed E-state index contributed by atoms with van der Waals surface area (Å²) in [5.41, 5.74) is 0.0120. The van der Waals surface area contributed by atoms with E-state index in [1.807, 2.05) is 5.32 Å². The van der Waals surface area contributed by atoms with Gasteiger partial charge in [0.15, 0.2) is 6.19 Å². The standard InChI is InChI=1S/C7H4FN3O/c8-5-1-2-6(10-3-5)7(12)11-4-9/h1-3H,(H,11,12). The van der Waals surface area contributed by atoms with E-state index in [1.165, 1.54) is 12.3 Å². The molecule has 60 valence electrons. The van der Waals surface area contributed by atoms with Gasteiger partial charge in [-0.25, -0.2) is 9.37 Å². The molecule has 0 aliphatic rings. The molecule has 1 heterocycles. The van der Waals surface area contributed by atoms with Gasteiger partial charge in [0.25, 0.3) is 5.91 Å². The summed E-state index contributed by atoms with van der Waals surface area (Å²) < 4.78 is 12.3. The Morgan fingerprint density at radius 2 is 2.42 bits per heavy atom. The van der Waals surface area contributed by atoms with E-state index in [9.17, 15) is 9.18 Å². The number of pyridine rings is 1. The van der Waals surface area contributed by atoms with Gasteiger partial charge in [0.2, 0.25) is 0 Å². The summed E-state index contributed by atoms with van der Waals surface area (Å²) in [6, 6.07) is 2.29. The summed E-state index contributed by atoms with van der Waals surface area (Å²) in [7, 11) is 0. The van der Waals surface area contributed by atoms with Crippen molar-refractivity contribution >= 4 is 5.91 Å². The zero-order valence-corrected chi connectivity index (χ0v) is 5.91. The van der Waals surface area contributed by atoms with Gasteiger partial charge in [-0.2, -0.15) is 5.26 Å². The molecule has 1 aromatic rings. The summed E-state index contributed by atoms with van der Waals surface area (Å²) in [5, 5.41) is 9.93. The molecule has 0 aliphatic carbocycles. The lowest BCUT2D eigenvalue weighted by molar-refractivity contribution is 0.0968. The normalized spacial score (nSPS) is 8.67. The molecule has 0 unspecified atom stereocenters. The van der Waals surface area contributed by atoms with Crippen molar-refractivity contribution in [2.75, 3.05) is 0 Å². The van der Waals surface area contributed by atoms with Crippen LogP contribution >= 0.6 is 0 Å².